The van der Waals surface area contributed by atoms with Gasteiger partial charge in [0.05, 0.1) is 19.3 Å². The fraction of sp³-hybridized carbons (Fsp3) is 0.625. The summed E-state index contributed by atoms with van der Waals surface area (Å²) < 4.78 is 56.2. The summed E-state index contributed by atoms with van der Waals surface area (Å²) in [5.74, 6) is -0.156. The first-order valence-corrected chi connectivity index (χ1v) is 14.5. The Bertz CT molecular complexity index is 992. The van der Waals surface area contributed by atoms with Gasteiger partial charge in [-0.2, -0.15) is 0 Å². The minimum absolute atomic E-state index is 0.0213. The zero-order valence-corrected chi connectivity index (χ0v) is 22.5. The van der Waals surface area contributed by atoms with Crippen molar-refractivity contribution in [2.45, 2.75) is 115 Å². The predicted octanol–water partition coefficient (Wildman–Crippen LogP) is 9.60. The van der Waals surface area contributed by atoms with Crippen molar-refractivity contribution in [3.63, 3.8) is 0 Å². The number of unbranched alkanes of at least 4 members (excludes halogenated alkanes) is 3. The average Bonchev–Trinajstić information content (AvgIpc) is 2.91. The zero-order chi connectivity index (χ0) is 26.2. The molecule has 0 heterocycles. The van der Waals surface area contributed by atoms with E-state index in [2.05, 4.69) is 13.8 Å². The molecule has 5 heteroatoms. The van der Waals surface area contributed by atoms with E-state index in [1.165, 1.54) is 18.9 Å². The molecule has 2 nitrogen and oxygen atoms in total. The van der Waals surface area contributed by atoms with Gasteiger partial charge in [-0.1, -0.05) is 64.2 Å². The Hall–Kier alpha value is -2.01. The summed E-state index contributed by atoms with van der Waals surface area (Å²) in [7, 11) is 0. The standard InChI is InChI=1S/C32H43F3O2/c1-3-4-5-6-19-36-27-16-18-28(30(33)20-27)23-11-14-26(15-12-23)37-21-25-13-17-29(32(35)31(25)34)24-9-7-22(2)8-10-24/h13,16-18,20,22-24,26H,3-12,14-15,19,21H2,1-2H3. The Labute approximate surface area is 220 Å². The monoisotopic (exact) mass is 516 g/mol. The van der Waals surface area contributed by atoms with Crippen LogP contribution in [0, 0.1) is 23.4 Å². The van der Waals surface area contributed by atoms with Crippen LogP contribution in [-0.4, -0.2) is 12.7 Å². The number of ether oxygens (including phenoxy) is 2. The molecular formula is C32H43F3O2. The summed E-state index contributed by atoms with van der Waals surface area (Å²) in [6.07, 6.45) is 11.6. The van der Waals surface area contributed by atoms with Crippen LogP contribution < -0.4 is 4.74 Å². The second kappa shape index (κ2) is 13.7. The first-order chi connectivity index (χ1) is 18.0. The molecule has 4 rings (SSSR count). The topological polar surface area (TPSA) is 18.5 Å². The summed E-state index contributed by atoms with van der Waals surface area (Å²) in [5.41, 5.74) is 1.53. The molecule has 204 valence electrons. The van der Waals surface area contributed by atoms with E-state index in [1.54, 1.807) is 12.1 Å². The highest BCUT2D eigenvalue weighted by Crippen LogP contribution is 2.39. The normalized spacial score (nSPS) is 24.2. The van der Waals surface area contributed by atoms with Crippen molar-refractivity contribution in [3.8, 4) is 5.75 Å². The molecule has 0 N–H and O–H groups in total. The molecule has 0 atom stereocenters. The van der Waals surface area contributed by atoms with E-state index in [0.29, 0.717) is 23.8 Å². The SMILES string of the molecule is CCCCCCOc1ccc(C2CCC(OCc3ccc(C4CCC(C)CC4)c(F)c3F)CC2)c(F)c1. The third-order valence-electron chi connectivity index (χ3n) is 8.47. The van der Waals surface area contributed by atoms with Crippen molar-refractivity contribution in [1.29, 1.82) is 0 Å². The van der Waals surface area contributed by atoms with E-state index in [-0.39, 0.29) is 35.9 Å². The minimum Gasteiger partial charge on any atom is -0.493 e. The average molecular weight is 517 g/mol. The van der Waals surface area contributed by atoms with Gasteiger partial charge in [-0.3, -0.25) is 0 Å². The Balaban J connectivity index is 1.24. The summed E-state index contributed by atoms with van der Waals surface area (Å²) in [6.45, 7) is 5.08. The summed E-state index contributed by atoms with van der Waals surface area (Å²) in [4.78, 5) is 0. The van der Waals surface area contributed by atoms with Crippen LogP contribution in [0.3, 0.4) is 0 Å². The highest BCUT2D eigenvalue weighted by atomic mass is 19.2. The van der Waals surface area contributed by atoms with Crippen LogP contribution in [0.15, 0.2) is 30.3 Å². The number of benzene rings is 2. The predicted molar refractivity (Wildman–Crippen MR) is 143 cm³/mol. The highest BCUT2D eigenvalue weighted by Gasteiger charge is 2.27. The lowest BCUT2D eigenvalue weighted by atomic mass is 9.79. The second-order valence-electron chi connectivity index (χ2n) is 11.3. The summed E-state index contributed by atoms with van der Waals surface area (Å²) in [6, 6.07) is 8.69. The molecule has 2 fully saturated rings. The van der Waals surface area contributed by atoms with Crippen molar-refractivity contribution < 1.29 is 22.6 Å². The largest absolute Gasteiger partial charge is 0.493 e. The molecule has 0 aromatic heterocycles. The van der Waals surface area contributed by atoms with Crippen LogP contribution in [0.4, 0.5) is 13.2 Å². The molecule has 0 amide bonds. The second-order valence-corrected chi connectivity index (χ2v) is 11.3. The Kier molecular flexibility index (Phi) is 10.4. The fourth-order valence-corrected chi connectivity index (χ4v) is 6.00. The molecule has 2 saturated carbocycles. The molecule has 0 saturated heterocycles. The van der Waals surface area contributed by atoms with E-state index >= 15 is 0 Å². The van der Waals surface area contributed by atoms with Gasteiger partial charge in [-0.25, -0.2) is 13.2 Å². The third-order valence-corrected chi connectivity index (χ3v) is 8.47. The Morgan fingerprint density at radius 3 is 2.14 bits per heavy atom. The van der Waals surface area contributed by atoms with Crippen molar-refractivity contribution in [1.82, 2.24) is 0 Å². The van der Waals surface area contributed by atoms with Crippen LogP contribution in [0.25, 0.3) is 0 Å². The van der Waals surface area contributed by atoms with Crippen molar-refractivity contribution in [3.05, 3.63) is 64.5 Å². The lowest BCUT2D eigenvalue weighted by Crippen LogP contribution is -2.21. The van der Waals surface area contributed by atoms with Crippen molar-refractivity contribution in [2.75, 3.05) is 6.61 Å². The summed E-state index contributed by atoms with van der Waals surface area (Å²) >= 11 is 0. The van der Waals surface area contributed by atoms with Crippen molar-refractivity contribution >= 4 is 0 Å². The zero-order valence-electron chi connectivity index (χ0n) is 22.5. The first kappa shape index (κ1) is 28.0. The maximum Gasteiger partial charge on any atom is 0.164 e. The van der Waals surface area contributed by atoms with E-state index < -0.39 is 11.6 Å². The molecular weight excluding hydrogens is 473 g/mol. The van der Waals surface area contributed by atoms with Crippen LogP contribution in [0.2, 0.25) is 0 Å². The van der Waals surface area contributed by atoms with E-state index in [1.807, 2.05) is 12.1 Å². The van der Waals surface area contributed by atoms with Crippen LogP contribution in [0.1, 0.15) is 119 Å². The maximum absolute atomic E-state index is 14.9. The number of halogens is 3. The molecule has 0 radical (unpaired) electrons. The van der Waals surface area contributed by atoms with Gasteiger partial charge in [-0.05, 0) is 79.9 Å². The molecule has 2 aromatic rings. The molecule has 2 aromatic carbocycles. The lowest BCUT2D eigenvalue weighted by Gasteiger charge is -2.29. The van der Waals surface area contributed by atoms with E-state index in [4.69, 9.17) is 9.47 Å². The van der Waals surface area contributed by atoms with Crippen LogP contribution in [-0.2, 0) is 11.3 Å². The van der Waals surface area contributed by atoms with Crippen LogP contribution >= 0.6 is 0 Å². The van der Waals surface area contributed by atoms with Gasteiger partial charge in [0.2, 0.25) is 0 Å². The smallest absolute Gasteiger partial charge is 0.164 e. The Morgan fingerprint density at radius 1 is 0.757 bits per heavy atom. The van der Waals surface area contributed by atoms with Gasteiger partial charge in [0.15, 0.2) is 11.6 Å². The number of hydrogen-bond donors (Lipinski definition) is 0. The van der Waals surface area contributed by atoms with Gasteiger partial charge in [-0.15, -0.1) is 0 Å². The van der Waals surface area contributed by atoms with Gasteiger partial charge >= 0.3 is 0 Å². The number of rotatable bonds is 11. The molecule has 37 heavy (non-hydrogen) atoms. The molecule has 0 aliphatic heterocycles. The van der Waals surface area contributed by atoms with Gasteiger partial charge in [0.25, 0.3) is 0 Å². The molecule has 0 spiro atoms. The quantitative estimate of drug-likeness (QED) is 0.277. The lowest BCUT2D eigenvalue weighted by molar-refractivity contribution is 0.0116. The molecule has 0 bridgehead atoms. The summed E-state index contributed by atoms with van der Waals surface area (Å²) in [5, 5.41) is 0. The molecule has 0 unspecified atom stereocenters. The number of hydrogen-bond acceptors (Lipinski definition) is 2. The Morgan fingerprint density at radius 2 is 1.43 bits per heavy atom. The van der Waals surface area contributed by atoms with E-state index in [0.717, 1.165) is 69.8 Å². The maximum atomic E-state index is 14.9. The molecule has 2 aliphatic rings. The van der Waals surface area contributed by atoms with Gasteiger partial charge in [0.1, 0.15) is 11.6 Å². The van der Waals surface area contributed by atoms with E-state index in [9.17, 15) is 13.2 Å². The van der Waals surface area contributed by atoms with Crippen molar-refractivity contribution in [2.24, 2.45) is 5.92 Å². The highest BCUT2D eigenvalue weighted by molar-refractivity contribution is 5.32. The third kappa shape index (κ3) is 7.52. The van der Waals surface area contributed by atoms with Crippen LogP contribution in [0.5, 0.6) is 5.75 Å². The fourth-order valence-electron chi connectivity index (χ4n) is 6.00. The van der Waals surface area contributed by atoms with Gasteiger partial charge < -0.3 is 9.47 Å². The van der Waals surface area contributed by atoms with Gasteiger partial charge in [0, 0.05) is 11.6 Å². The molecule has 2 aliphatic carbocycles. The first-order valence-electron chi connectivity index (χ1n) is 14.5. The minimum atomic E-state index is -0.764.